The van der Waals surface area contributed by atoms with Crippen molar-refractivity contribution in [1.82, 2.24) is 10.4 Å². The summed E-state index contributed by atoms with van der Waals surface area (Å²) >= 11 is 0. The molecule has 0 fully saturated rings. The van der Waals surface area contributed by atoms with Crippen molar-refractivity contribution in [3.05, 3.63) is 0 Å². The van der Waals surface area contributed by atoms with Gasteiger partial charge in [-0.3, -0.25) is 9.32 Å². The first-order valence-corrected chi connectivity index (χ1v) is 11.4. The molecule has 3 N–H and O–H groups in total. The van der Waals surface area contributed by atoms with Gasteiger partial charge in [-0.05, 0) is 46.5 Å². The quantitative estimate of drug-likeness (QED) is 0.234. The van der Waals surface area contributed by atoms with Crippen LogP contribution in [0.2, 0.25) is 0 Å². The highest BCUT2D eigenvalue weighted by Gasteiger charge is 2.27. The second kappa shape index (κ2) is 13.1. The van der Waals surface area contributed by atoms with E-state index in [1.165, 1.54) is 6.92 Å². The summed E-state index contributed by atoms with van der Waals surface area (Å²) < 4.78 is 27.2. The van der Waals surface area contributed by atoms with Gasteiger partial charge in [0, 0.05) is 6.54 Å². The lowest BCUT2D eigenvalue weighted by Gasteiger charge is -2.21. The number of nitrogens with one attached hydrogen (secondary N) is 2. The van der Waals surface area contributed by atoms with E-state index in [9.17, 15) is 19.0 Å². The number of amides is 1. The van der Waals surface area contributed by atoms with Crippen LogP contribution in [-0.4, -0.2) is 48.4 Å². The van der Waals surface area contributed by atoms with Gasteiger partial charge in [-0.25, -0.2) is 14.4 Å². The zero-order valence-corrected chi connectivity index (χ0v) is 18.8. The summed E-state index contributed by atoms with van der Waals surface area (Å²) in [6.07, 6.45) is 3.30. The van der Waals surface area contributed by atoms with Crippen LogP contribution in [0.5, 0.6) is 0 Å². The second-order valence-corrected chi connectivity index (χ2v) is 9.26. The smallest absolute Gasteiger partial charge is 0.407 e. The summed E-state index contributed by atoms with van der Waals surface area (Å²) in [5.74, 6) is -0.316. The zero-order chi connectivity index (χ0) is 21.8. The molecule has 0 aromatic rings. The van der Waals surface area contributed by atoms with Gasteiger partial charge in [-0.2, -0.15) is 0 Å². The molecular formula is C18H37N2O7P. The van der Waals surface area contributed by atoms with Gasteiger partial charge in [0.2, 0.25) is 0 Å². The standard InChI is InChI=1S/C18H37N2O7P/c1-7-9-15(10-8-2)13-25-16(21)14(3)20-28(23,24)26-12-11-19-17(22)27-18(4,5)6/h14-15H,7-13H2,1-6H3,(H,19,22)(H2,20,23,24). The van der Waals surface area contributed by atoms with Crippen LogP contribution >= 0.6 is 7.75 Å². The van der Waals surface area contributed by atoms with Crippen LogP contribution in [0.1, 0.15) is 67.2 Å². The second-order valence-electron chi connectivity index (χ2n) is 7.71. The average molecular weight is 424 g/mol. The molecule has 10 heteroatoms. The van der Waals surface area contributed by atoms with Crippen molar-refractivity contribution in [2.75, 3.05) is 19.8 Å². The Bertz CT molecular complexity index is 517. The largest absolute Gasteiger partial charge is 0.464 e. The molecule has 1 amide bonds. The predicted octanol–water partition coefficient (Wildman–Crippen LogP) is 3.37. The zero-order valence-electron chi connectivity index (χ0n) is 17.9. The predicted molar refractivity (Wildman–Crippen MR) is 107 cm³/mol. The van der Waals surface area contributed by atoms with Crippen LogP contribution in [0.15, 0.2) is 0 Å². The first kappa shape index (κ1) is 26.9. The van der Waals surface area contributed by atoms with E-state index >= 15 is 0 Å². The van der Waals surface area contributed by atoms with Crippen molar-refractivity contribution in [2.45, 2.75) is 78.9 Å². The highest BCUT2D eigenvalue weighted by molar-refractivity contribution is 7.50. The van der Waals surface area contributed by atoms with E-state index < -0.39 is 31.5 Å². The van der Waals surface area contributed by atoms with E-state index in [1.807, 2.05) is 0 Å². The highest BCUT2D eigenvalue weighted by Crippen LogP contribution is 2.37. The molecule has 0 aliphatic carbocycles. The third-order valence-electron chi connectivity index (χ3n) is 3.60. The molecule has 0 saturated heterocycles. The maximum absolute atomic E-state index is 12.0. The number of rotatable bonds is 13. The normalized spacial score (nSPS) is 15.0. The Morgan fingerprint density at radius 3 is 2.21 bits per heavy atom. The van der Waals surface area contributed by atoms with Crippen LogP contribution in [-0.2, 0) is 23.4 Å². The molecule has 28 heavy (non-hydrogen) atoms. The highest BCUT2D eigenvalue weighted by atomic mass is 31.2. The van der Waals surface area contributed by atoms with E-state index in [4.69, 9.17) is 14.0 Å². The third-order valence-corrected chi connectivity index (χ3v) is 4.85. The van der Waals surface area contributed by atoms with Gasteiger partial charge >= 0.3 is 19.8 Å². The summed E-state index contributed by atoms with van der Waals surface area (Å²) in [6.45, 7) is 10.8. The van der Waals surface area contributed by atoms with Crippen molar-refractivity contribution in [2.24, 2.45) is 5.92 Å². The first-order chi connectivity index (χ1) is 12.9. The molecule has 0 aliphatic rings. The van der Waals surface area contributed by atoms with Gasteiger partial charge in [0.05, 0.1) is 13.2 Å². The van der Waals surface area contributed by atoms with Gasteiger partial charge in [-0.1, -0.05) is 26.7 Å². The monoisotopic (exact) mass is 424 g/mol. The number of ether oxygens (including phenoxy) is 2. The first-order valence-electron chi connectivity index (χ1n) is 9.78. The minimum absolute atomic E-state index is 0.0182. The lowest BCUT2D eigenvalue weighted by Crippen LogP contribution is -2.36. The fraction of sp³-hybridized carbons (Fsp3) is 0.889. The van der Waals surface area contributed by atoms with Gasteiger partial charge in [0.1, 0.15) is 11.6 Å². The van der Waals surface area contributed by atoms with Crippen molar-refractivity contribution in [3.8, 4) is 0 Å². The Morgan fingerprint density at radius 1 is 1.14 bits per heavy atom. The van der Waals surface area contributed by atoms with Crippen LogP contribution in [0.25, 0.3) is 0 Å². The van der Waals surface area contributed by atoms with Crippen molar-refractivity contribution >= 4 is 19.8 Å². The maximum atomic E-state index is 12.0. The number of alkyl carbamates (subject to hydrolysis) is 1. The summed E-state index contributed by atoms with van der Waals surface area (Å²) in [4.78, 5) is 33.3. The van der Waals surface area contributed by atoms with Gasteiger partial charge < -0.3 is 19.7 Å². The van der Waals surface area contributed by atoms with Crippen molar-refractivity contribution in [3.63, 3.8) is 0 Å². The molecular weight excluding hydrogens is 387 g/mol. The van der Waals surface area contributed by atoms with E-state index in [2.05, 4.69) is 24.3 Å². The molecule has 0 saturated carbocycles. The molecule has 2 atom stereocenters. The number of carbonyl (C=O) groups excluding carboxylic acids is 2. The molecule has 0 aliphatic heterocycles. The summed E-state index contributed by atoms with van der Waals surface area (Å²) in [5.41, 5.74) is -0.637. The van der Waals surface area contributed by atoms with Crippen molar-refractivity contribution in [1.29, 1.82) is 0 Å². The Balaban J connectivity index is 4.24. The van der Waals surface area contributed by atoms with E-state index in [0.29, 0.717) is 12.5 Å². The van der Waals surface area contributed by atoms with E-state index in [0.717, 1.165) is 25.7 Å². The number of hydrogen-bond donors (Lipinski definition) is 3. The molecule has 2 unspecified atom stereocenters. The topological polar surface area (TPSA) is 123 Å². The van der Waals surface area contributed by atoms with Crippen molar-refractivity contribution < 1.29 is 33.0 Å². The summed E-state index contributed by atoms with van der Waals surface area (Å²) in [6, 6.07) is -1.00. The Morgan fingerprint density at radius 2 is 1.71 bits per heavy atom. The summed E-state index contributed by atoms with van der Waals surface area (Å²) in [7, 11) is -4.22. The maximum Gasteiger partial charge on any atom is 0.407 e. The number of carbonyl (C=O) groups is 2. The Labute approximate surface area is 168 Å². The van der Waals surface area contributed by atoms with E-state index in [-0.39, 0.29) is 13.2 Å². The molecule has 0 rings (SSSR count). The lowest BCUT2D eigenvalue weighted by atomic mass is 9.99. The minimum Gasteiger partial charge on any atom is -0.464 e. The number of hydrogen-bond acceptors (Lipinski definition) is 6. The minimum atomic E-state index is -4.22. The van der Waals surface area contributed by atoms with Crippen LogP contribution in [0.4, 0.5) is 4.79 Å². The molecule has 0 aromatic heterocycles. The molecule has 166 valence electrons. The molecule has 0 bridgehead atoms. The number of esters is 1. The molecule has 0 spiro atoms. The lowest BCUT2D eigenvalue weighted by molar-refractivity contribution is -0.146. The molecule has 0 heterocycles. The van der Waals surface area contributed by atoms with Crippen LogP contribution < -0.4 is 10.4 Å². The van der Waals surface area contributed by atoms with Gasteiger partial charge in [0.25, 0.3) is 0 Å². The fourth-order valence-corrected chi connectivity index (χ4v) is 3.43. The molecule has 0 radical (unpaired) electrons. The van der Waals surface area contributed by atoms with E-state index in [1.54, 1.807) is 20.8 Å². The van der Waals surface area contributed by atoms with Crippen LogP contribution in [0.3, 0.4) is 0 Å². The SMILES string of the molecule is CCCC(CCC)COC(=O)C(C)NP(=O)(O)OCCNC(=O)OC(C)(C)C. The van der Waals surface area contributed by atoms with Crippen LogP contribution in [0, 0.1) is 5.92 Å². The van der Waals surface area contributed by atoms with Gasteiger partial charge in [0.15, 0.2) is 0 Å². The average Bonchev–Trinajstić information content (AvgIpc) is 2.54. The fourth-order valence-electron chi connectivity index (χ4n) is 2.42. The Hall–Kier alpha value is -1.15. The summed E-state index contributed by atoms with van der Waals surface area (Å²) in [5, 5.41) is 4.65. The molecule has 0 aromatic carbocycles. The molecule has 9 nitrogen and oxygen atoms in total. The van der Waals surface area contributed by atoms with Gasteiger partial charge in [-0.15, -0.1) is 0 Å². The third kappa shape index (κ3) is 13.9. The Kier molecular flexibility index (Phi) is 12.6.